The van der Waals surface area contributed by atoms with E-state index >= 15 is 0 Å². The number of anilines is 1. The fourth-order valence-corrected chi connectivity index (χ4v) is 3.97. The molecule has 0 aliphatic heterocycles. The van der Waals surface area contributed by atoms with Gasteiger partial charge in [0.2, 0.25) is 5.91 Å². The number of rotatable bonds is 9. The van der Waals surface area contributed by atoms with Gasteiger partial charge >= 0.3 is 0 Å². The van der Waals surface area contributed by atoms with Gasteiger partial charge in [-0.05, 0) is 47.0 Å². The van der Waals surface area contributed by atoms with Crippen LogP contribution in [0.5, 0.6) is 11.5 Å². The molecule has 4 rings (SSSR count). The summed E-state index contributed by atoms with van der Waals surface area (Å²) >= 11 is 0. The van der Waals surface area contributed by atoms with Crippen molar-refractivity contribution in [3.05, 3.63) is 132 Å². The lowest BCUT2D eigenvalue weighted by atomic mass is 10.0. The van der Waals surface area contributed by atoms with E-state index in [0.717, 1.165) is 5.56 Å². The van der Waals surface area contributed by atoms with Gasteiger partial charge in [-0.3, -0.25) is 14.5 Å². The normalized spacial score (nSPS) is 11.6. The van der Waals surface area contributed by atoms with Crippen LogP contribution in [-0.4, -0.2) is 24.0 Å². The maximum absolute atomic E-state index is 13.7. The molecule has 0 saturated carbocycles. The predicted molar refractivity (Wildman–Crippen MR) is 145 cm³/mol. The second-order valence-corrected chi connectivity index (χ2v) is 8.33. The molecule has 0 aromatic heterocycles. The van der Waals surface area contributed by atoms with Crippen LogP contribution >= 0.6 is 0 Å². The fraction of sp³-hybridized carbons (Fsp3) is 0.0968. The molecule has 6 heteroatoms. The van der Waals surface area contributed by atoms with Crippen molar-refractivity contribution in [2.75, 3.05) is 12.0 Å². The first-order valence-electron chi connectivity index (χ1n) is 11.9. The first-order chi connectivity index (χ1) is 18.1. The van der Waals surface area contributed by atoms with Crippen LogP contribution in [0.2, 0.25) is 0 Å². The molecule has 0 radical (unpaired) electrons. The topological polar surface area (TPSA) is 78.9 Å². The zero-order valence-corrected chi connectivity index (χ0v) is 20.5. The third kappa shape index (κ3) is 6.44. The number of benzene rings is 4. The number of ether oxygens (including phenoxy) is 1. The standard InChI is InChI=1S/C31H28N2O4/c1-37-28-21-23(17-19-27(28)34)18-20-29(35)33(26-15-9-4-10-16-26)30(25-13-7-3-8-14-25)31(36)32-22-24-11-5-2-6-12-24/h2-21,30,34H,22H2,1H3,(H,32,36)/b20-18+. The highest BCUT2D eigenvalue weighted by Crippen LogP contribution is 2.30. The van der Waals surface area contributed by atoms with Crippen LogP contribution in [0.4, 0.5) is 5.69 Å². The lowest BCUT2D eigenvalue weighted by Crippen LogP contribution is -2.43. The molecule has 0 spiro atoms. The molecular weight excluding hydrogens is 464 g/mol. The van der Waals surface area contributed by atoms with Crippen molar-refractivity contribution in [1.82, 2.24) is 5.32 Å². The molecule has 2 amide bonds. The fourth-order valence-electron chi connectivity index (χ4n) is 3.97. The number of phenols is 1. The van der Waals surface area contributed by atoms with E-state index in [2.05, 4.69) is 5.32 Å². The van der Waals surface area contributed by atoms with E-state index in [9.17, 15) is 14.7 Å². The number of amides is 2. The van der Waals surface area contributed by atoms with Crippen LogP contribution in [-0.2, 0) is 16.1 Å². The van der Waals surface area contributed by atoms with Crippen LogP contribution in [0.15, 0.2) is 115 Å². The zero-order chi connectivity index (χ0) is 26.0. The van der Waals surface area contributed by atoms with Gasteiger partial charge < -0.3 is 15.2 Å². The van der Waals surface area contributed by atoms with E-state index in [1.54, 1.807) is 30.3 Å². The van der Waals surface area contributed by atoms with Crippen molar-refractivity contribution in [3.63, 3.8) is 0 Å². The number of phenolic OH excluding ortho intramolecular Hbond substituents is 1. The molecule has 0 aliphatic rings. The lowest BCUT2D eigenvalue weighted by molar-refractivity contribution is -0.125. The number of carbonyl (C=O) groups excluding carboxylic acids is 2. The Morgan fingerprint density at radius 2 is 1.51 bits per heavy atom. The number of nitrogens with one attached hydrogen (secondary N) is 1. The molecule has 1 unspecified atom stereocenters. The third-order valence-corrected chi connectivity index (χ3v) is 5.83. The summed E-state index contributed by atoms with van der Waals surface area (Å²) < 4.78 is 5.17. The summed E-state index contributed by atoms with van der Waals surface area (Å²) in [6, 6.07) is 31.9. The number of nitrogens with zero attached hydrogens (tertiary/aromatic N) is 1. The third-order valence-electron chi connectivity index (χ3n) is 5.83. The SMILES string of the molecule is COc1cc(/C=C/C(=O)N(c2ccccc2)C(C(=O)NCc2ccccc2)c2ccccc2)ccc1O. The Labute approximate surface area is 216 Å². The highest BCUT2D eigenvalue weighted by molar-refractivity contribution is 6.08. The minimum Gasteiger partial charge on any atom is -0.504 e. The molecule has 186 valence electrons. The summed E-state index contributed by atoms with van der Waals surface area (Å²) in [6.07, 6.45) is 3.05. The Kier molecular flexibility index (Phi) is 8.34. The molecule has 0 heterocycles. The molecule has 6 nitrogen and oxygen atoms in total. The van der Waals surface area contributed by atoms with Gasteiger partial charge in [-0.15, -0.1) is 0 Å². The zero-order valence-electron chi connectivity index (χ0n) is 20.5. The maximum Gasteiger partial charge on any atom is 0.252 e. The van der Waals surface area contributed by atoms with Gasteiger partial charge in [-0.1, -0.05) is 84.9 Å². The quantitative estimate of drug-likeness (QED) is 0.302. The van der Waals surface area contributed by atoms with Crippen molar-refractivity contribution < 1.29 is 19.4 Å². The van der Waals surface area contributed by atoms with Crippen LogP contribution in [0, 0.1) is 0 Å². The molecule has 4 aromatic rings. The van der Waals surface area contributed by atoms with Gasteiger partial charge in [-0.2, -0.15) is 0 Å². The summed E-state index contributed by atoms with van der Waals surface area (Å²) in [4.78, 5) is 28.9. The van der Waals surface area contributed by atoms with Crippen LogP contribution in [0.1, 0.15) is 22.7 Å². The van der Waals surface area contributed by atoms with Crippen LogP contribution < -0.4 is 15.0 Å². The minimum atomic E-state index is -0.904. The number of para-hydroxylation sites is 1. The largest absolute Gasteiger partial charge is 0.504 e. The Balaban J connectivity index is 1.70. The van der Waals surface area contributed by atoms with Gasteiger partial charge in [0.05, 0.1) is 7.11 Å². The average molecular weight is 493 g/mol. The van der Waals surface area contributed by atoms with Gasteiger partial charge in [0, 0.05) is 18.3 Å². The average Bonchev–Trinajstić information content (AvgIpc) is 2.95. The van der Waals surface area contributed by atoms with Crippen molar-refractivity contribution >= 4 is 23.6 Å². The van der Waals surface area contributed by atoms with Crippen molar-refractivity contribution in [3.8, 4) is 11.5 Å². The minimum absolute atomic E-state index is 0.0103. The van der Waals surface area contributed by atoms with E-state index in [0.29, 0.717) is 29.1 Å². The maximum atomic E-state index is 13.7. The van der Waals surface area contributed by atoms with Gasteiger partial charge in [0.15, 0.2) is 11.5 Å². The molecule has 0 saturated heterocycles. The van der Waals surface area contributed by atoms with Crippen molar-refractivity contribution in [1.29, 1.82) is 0 Å². The highest BCUT2D eigenvalue weighted by Gasteiger charge is 2.31. The number of carbonyl (C=O) groups is 2. The van der Waals surface area contributed by atoms with E-state index in [-0.39, 0.29) is 17.6 Å². The van der Waals surface area contributed by atoms with Crippen LogP contribution in [0.25, 0.3) is 6.08 Å². The Morgan fingerprint density at radius 1 is 0.892 bits per heavy atom. The second kappa shape index (κ2) is 12.2. The number of hydrogen-bond donors (Lipinski definition) is 2. The van der Waals surface area contributed by atoms with Crippen molar-refractivity contribution in [2.45, 2.75) is 12.6 Å². The number of hydrogen-bond acceptors (Lipinski definition) is 4. The molecule has 0 aliphatic carbocycles. The van der Waals surface area contributed by atoms with E-state index < -0.39 is 6.04 Å². The van der Waals surface area contributed by atoms with E-state index in [1.807, 2.05) is 78.9 Å². The second-order valence-electron chi connectivity index (χ2n) is 8.33. The summed E-state index contributed by atoms with van der Waals surface area (Å²) in [5.74, 6) is -0.359. The first kappa shape index (κ1) is 25.3. The van der Waals surface area contributed by atoms with E-state index in [4.69, 9.17) is 4.74 Å². The lowest BCUT2D eigenvalue weighted by Gasteiger charge is -2.30. The highest BCUT2D eigenvalue weighted by atomic mass is 16.5. The summed E-state index contributed by atoms with van der Waals surface area (Å²) in [5, 5.41) is 12.9. The molecule has 0 fully saturated rings. The molecule has 4 aromatic carbocycles. The van der Waals surface area contributed by atoms with Gasteiger partial charge in [0.25, 0.3) is 5.91 Å². The van der Waals surface area contributed by atoms with Crippen molar-refractivity contribution in [2.24, 2.45) is 0 Å². The van der Waals surface area contributed by atoms with Crippen LogP contribution in [0.3, 0.4) is 0 Å². The smallest absolute Gasteiger partial charge is 0.252 e. The Hall–Kier alpha value is -4.84. The number of methoxy groups -OCH3 is 1. The molecule has 2 N–H and O–H groups in total. The van der Waals surface area contributed by atoms with Gasteiger partial charge in [-0.25, -0.2) is 0 Å². The van der Waals surface area contributed by atoms with E-state index in [1.165, 1.54) is 24.2 Å². The summed E-state index contributed by atoms with van der Waals surface area (Å²) in [5.41, 5.74) is 2.90. The molecule has 0 bridgehead atoms. The summed E-state index contributed by atoms with van der Waals surface area (Å²) in [7, 11) is 1.46. The molecular formula is C31H28N2O4. The predicted octanol–water partition coefficient (Wildman–Crippen LogP) is 5.50. The van der Waals surface area contributed by atoms with Gasteiger partial charge in [0.1, 0.15) is 6.04 Å². The molecule has 37 heavy (non-hydrogen) atoms. The Bertz CT molecular complexity index is 1360. The summed E-state index contributed by atoms with van der Waals surface area (Å²) in [6.45, 7) is 0.336. The first-order valence-corrected chi connectivity index (χ1v) is 11.9. The molecule has 1 atom stereocenters. The monoisotopic (exact) mass is 492 g/mol. The number of aromatic hydroxyl groups is 1. The Morgan fingerprint density at radius 3 is 2.16 bits per heavy atom.